The molecule has 0 radical (unpaired) electrons. The van der Waals surface area contributed by atoms with Gasteiger partial charge in [-0.15, -0.1) is 0 Å². The molecule has 1 amide bonds. The van der Waals surface area contributed by atoms with Gasteiger partial charge in [-0.1, -0.05) is 11.3 Å². The van der Waals surface area contributed by atoms with E-state index in [4.69, 9.17) is 9.72 Å². The zero-order chi connectivity index (χ0) is 21.9. The Morgan fingerprint density at radius 2 is 2.10 bits per heavy atom. The maximum absolute atomic E-state index is 12.6. The van der Waals surface area contributed by atoms with Crippen molar-refractivity contribution >= 4 is 39.4 Å². The lowest BCUT2D eigenvalue weighted by atomic mass is 9.94. The van der Waals surface area contributed by atoms with Crippen molar-refractivity contribution in [1.29, 1.82) is 0 Å². The third-order valence-electron chi connectivity index (χ3n) is 5.79. The third kappa shape index (κ3) is 3.42. The summed E-state index contributed by atoms with van der Waals surface area (Å²) in [6, 6.07) is 6.07. The molecule has 5 rings (SSSR count). The minimum absolute atomic E-state index is 0.0403. The number of hydrogen-bond donors (Lipinski definition) is 2. The van der Waals surface area contributed by atoms with E-state index < -0.39 is 0 Å². The minimum Gasteiger partial charge on any atom is -0.490 e. The van der Waals surface area contributed by atoms with E-state index in [9.17, 15) is 4.79 Å². The fraction of sp³-hybridized carbons (Fsp3) is 0.409. The molecule has 8 nitrogen and oxygen atoms in total. The van der Waals surface area contributed by atoms with Crippen LogP contribution >= 0.6 is 11.3 Å². The molecule has 2 aliphatic heterocycles. The molecule has 162 valence electrons. The van der Waals surface area contributed by atoms with Gasteiger partial charge in [0, 0.05) is 24.7 Å². The Labute approximate surface area is 185 Å². The summed E-state index contributed by atoms with van der Waals surface area (Å²) in [5, 5.41) is 11.9. The number of carbonyl (C=O) groups is 1. The van der Waals surface area contributed by atoms with Gasteiger partial charge in [0.05, 0.1) is 35.0 Å². The number of rotatable bonds is 3. The summed E-state index contributed by atoms with van der Waals surface area (Å²) in [4.78, 5) is 20.3. The van der Waals surface area contributed by atoms with Gasteiger partial charge < -0.3 is 20.3 Å². The van der Waals surface area contributed by atoms with Crippen molar-refractivity contribution < 1.29 is 9.53 Å². The first-order valence-electron chi connectivity index (χ1n) is 10.4. The van der Waals surface area contributed by atoms with Crippen molar-refractivity contribution in [2.45, 2.75) is 39.7 Å². The highest BCUT2D eigenvalue weighted by Gasteiger charge is 2.34. The van der Waals surface area contributed by atoms with E-state index in [0.717, 1.165) is 51.4 Å². The fourth-order valence-electron chi connectivity index (χ4n) is 4.17. The summed E-state index contributed by atoms with van der Waals surface area (Å²) in [7, 11) is 1.94. The van der Waals surface area contributed by atoms with E-state index >= 15 is 0 Å². The number of nitrogens with zero attached hydrogens (tertiary/aromatic N) is 4. The first-order chi connectivity index (χ1) is 14.7. The summed E-state index contributed by atoms with van der Waals surface area (Å²) in [6.45, 7) is 9.34. The van der Waals surface area contributed by atoms with Gasteiger partial charge >= 0.3 is 0 Å². The molecule has 0 atom stereocenters. The van der Waals surface area contributed by atoms with Crippen molar-refractivity contribution in [2.24, 2.45) is 7.05 Å². The van der Waals surface area contributed by atoms with Crippen LogP contribution in [-0.4, -0.2) is 39.4 Å². The number of anilines is 4. The average molecular weight is 439 g/mol. The van der Waals surface area contributed by atoms with E-state index in [1.165, 1.54) is 11.3 Å². The molecule has 2 aromatic heterocycles. The maximum atomic E-state index is 12.6. The van der Waals surface area contributed by atoms with Gasteiger partial charge in [0.15, 0.2) is 5.13 Å². The number of thiazole rings is 1. The Bertz CT molecular complexity index is 1200. The van der Waals surface area contributed by atoms with Crippen LogP contribution in [0.1, 0.15) is 40.6 Å². The normalized spacial score (nSPS) is 16.9. The van der Waals surface area contributed by atoms with Crippen LogP contribution in [0.2, 0.25) is 0 Å². The van der Waals surface area contributed by atoms with Crippen LogP contribution in [0.5, 0.6) is 5.75 Å². The lowest BCUT2D eigenvalue weighted by molar-refractivity contribution is 0.0901. The predicted octanol–water partition coefficient (Wildman–Crippen LogP) is 3.83. The van der Waals surface area contributed by atoms with Crippen molar-refractivity contribution in [3.8, 4) is 5.75 Å². The number of ether oxygens (including phenoxy) is 1. The van der Waals surface area contributed by atoms with Crippen molar-refractivity contribution in [3.05, 3.63) is 40.2 Å². The average Bonchev–Trinajstić information content (AvgIpc) is 3.23. The molecule has 31 heavy (non-hydrogen) atoms. The Balaban J connectivity index is 1.50. The van der Waals surface area contributed by atoms with E-state index in [1.54, 1.807) is 0 Å². The monoisotopic (exact) mass is 438 g/mol. The van der Waals surface area contributed by atoms with Crippen LogP contribution in [0.3, 0.4) is 0 Å². The number of aromatic nitrogens is 3. The van der Waals surface area contributed by atoms with E-state index in [-0.39, 0.29) is 11.4 Å². The van der Waals surface area contributed by atoms with Crippen molar-refractivity contribution in [2.75, 3.05) is 23.4 Å². The molecular formula is C22H26N6O2S. The summed E-state index contributed by atoms with van der Waals surface area (Å²) in [5.41, 5.74) is 5.52. The zero-order valence-corrected chi connectivity index (χ0v) is 19.2. The highest BCUT2D eigenvalue weighted by molar-refractivity contribution is 7.17. The topological polar surface area (TPSA) is 84.3 Å². The molecule has 0 spiro atoms. The van der Waals surface area contributed by atoms with Crippen LogP contribution in [0.15, 0.2) is 18.2 Å². The van der Waals surface area contributed by atoms with Crippen molar-refractivity contribution in [1.82, 2.24) is 20.1 Å². The van der Waals surface area contributed by atoms with Crippen LogP contribution in [0.4, 0.5) is 22.2 Å². The summed E-state index contributed by atoms with van der Waals surface area (Å²) >= 11 is 1.45. The molecule has 0 saturated heterocycles. The molecule has 0 aliphatic carbocycles. The highest BCUT2D eigenvalue weighted by atomic mass is 32.1. The first-order valence-corrected chi connectivity index (χ1v) is 11.2. The number of hydrogen-bond acceptors (Lipinski definition) is 7. The summed E-state index contributed by atoms with van der Waals surface area (Å²) in [5.74, 6) is 0.774. The van der Waals surface area contributed by atoms with Gasteiger partial charge in [-0.05, 0) is 45.9 Å². The lowest BCUT2D eigenvalue weighted by Crippen LogP contribution is -2.48. The Kier molecular flexibility index (Phi) is 4.47. The van der Waals surface area contributed by atoms with Gasteiger partial charge in [0.25, 0.3) is 5.91 Å². The largest absolute Gasteiger partial charge is 0.490 e. The van der Waals surface area contributed by atoms with E-state index in [2.05, 4.69) is 26.7 Å². The predicted molar refractivity (Wildman–Crippen MR) is 122 cm³/mol. The molecule has 0 bridgehead atoms. The second-order valence-corrected chi connectivity index (χ2v) is 9.74. The fourth-order valence-corrected chi connectivity index (χ4v) is 5.19. The molecular weight excluding hydrogens is 412 g/mol. The molecule has 2 N–H and O–H groups in total. The van der Waals surface area contributed by atoms with E-state index in [1.807, 2.05) is 51.6 Å². The molecule has 0 unspecified atom stereocenters. The molecule has 2 aliphatic rings. The van der Waals surface area contributed by atoms with Crippen LogP contribution in [-0.2, 0) is 13.5 Å². The standard InChI is InChI=1S/C22H26N6O2S/c1-12-18(13(2)27(5)26-12)23-14-6-7-17-16(10-14)28(8-9-30-17)21-24-15-11-22(3,4)25-20(29)19(15)31-21/h6-7,10,23H,8-9,11H2,1-5H3,(H,25,29). The number of amides is 1. The van der Waals surface area contributed by atoms with Crippen LogP contribution in [0, 0.1) is 13.8 Å². The molecule has 0 fully saturated rings. The van der Waals surface area contributed by atoms with E-state index in [0.29, 0.717) is 18.0 Å². The van der Waals surface area contributed by atoms with Crippen LogP contribution in [0.25, 0.3) is 0 Å². The highest BCUT2D eigenvalue weighted by Crippen LogP contribution is 2.42. The van der Waals surface area contributed by atoms with Crippen LogP contribution < -0.4 is 20.3 Å². The Morgan fingerprint density at radius 3 is 2.84 bits per heavy atom. The Hall–Kier alpha value is -3.07. The first kappa shape index (κ1) is 19.9. The lowest BCUT2D eigenvalue weighted by Gasteiger charge is -2.30. The number of carbonyl (C=O) groups excluding carboxylic acids is 1. The Morgan fingerprint density at radius 1 is 1.29 bits per heavy atom. The molecule has 0 saturated carbocycles. The summed E-state index contributed by atoms with van der Waals surface area (Å²) in [6.07, 6.45) is 0.725. The second kappa shape index (κ2) is 6.98. The quantitative estimate of drug-likeness (QED) is 0.647. The number of fused-ring (bicyclic) bond motifs is 2. The van der Waals surface area contributed by atoms with Crippen molar-refractivity contribution in [3.63, 3.8) is 0 Å². The molecule has 4 heterocycles. The van der Waals surface area contributed by atoms with Gasteiger partial charge in [0.1, 0.15) is 17.2 Å². The SMILES string of the molecule is Cc1nn(C)c(C)c1Nc1ccc2c(c1)N(c1nc3c(s1)C(=O)NC(C)(C)C3)CCO2. The minimum atomic E-state index is -0.283. The number of benzene rings is 1. The zero-order valence-electron chi connectivity index (χ0n) is 18.4. The van der Waals surface area contributed by atoms with Gasteiger partial charge in [-0.25, -0.2) is 4.98 Å². The number of nitrogens with one attached hydrogen (secondary N) is 2. The molecule has 9 heteroatoms. The van der Waals surface area contributed by atoms with Gasteiger partial charge in [-0.3, -0.25) is 9.48 Å². The maximum Gasteiger partial charge on any atom is 0.263 e. The second-order valence-electron chi connectivity index (χ2n) is 8.76. The number of aryl methyl sites for hydroxylation is 2. The molecule has 1 aromatic carbocycles. The molecule has 3 aromatic rings. The van der Waals surface area contributed by atoms with Gasteiger partial charge in [-0.2, -0.15) is 5.10 Å². The smallest absolute Gasteiger partial charge is 0.263 e. The third-order valence-corrected chi connectivity index (χ3v) is 6.90. The van der Waals surface area contributed by atoms with Gasteiger partial charge in [0.2, 0.25) is 0 Å². The summed E-state index contributed by atoms with van der Waals surface area (Å²) < 4.78 is 7.77.